The van der Waals surface area contributed by atoms with Gasteiger partial charge < -0.3 is 4.90 Å². The fourth-order valence-electron chi connectivity index (χ4n) is 12.9. The molecule has 13 rings (SSSR count). The molecule has 0 aromatic heterocycles. The van der Waals surface area contributed by atoms with E-state index in [0.29, 0.717) is 5.41 Å². The van der Waals surface area contributed by atoms with Crippen LogP contribution >= 0.6 is 0 Å². The van der Waals surface area contributed by atoms with Crippen molar-refractivity contribution in [2.45, 2.75) is 56.3 Å². The van der Waals surface area contributed by atoms with E-state index in [2.05, 4.69) is 200 Å². The molecule has 0 heterocycles. The van der Waals surface area contributed by atoms with Gasteiger partial charge in [-0.3, -0.25) is 0 Å². The molecular weight excluding hydrogens is 711 g/mol. The third-order valence-electron chi connectivity index (χ3n) is 15.0. The van der Waals surface area contributed by atoms with E-state index >= 15 is 0 Å². The molecule has 59 heavy (non-hydrogen) atoms. The molecule has 0 saturated heterocycles. The third-order valence-corrected chi connectivity index (χ3v) is 15.0. The van der Waals surface area contributed by atoms with Crippen LogP contribution in [-0.4, -0.2) is 0 Å². The number of hydrogen-bond acceptors (Lipinski definition) is 1. The second-order valence-electron chi connectivity index (χ2n) is 18.4. The molecule has 0 amide bonds. The zero-order valence-corrected chi connectivity index (χ0v) is 33.8. The minimum atomic E-state index is -0.485. The molecule has 1 heteroatoms. The normalized spacial score (nSPS) is 21.9. The zero-order valence-electron chi connectivity index (χ0n) is 33.8. The first-order valence-electron chi connectivity index (χ1n) is 21.9. The van der Waals surface area contributed by atoms with Gasteiger partial charge in [-0.1, -0.05) is 152 Å². The molecule has 5 aliphatic carbocycles. The lowest BCUT2D eigenvalue weighted by Crippen LogP contribution is -2.48. The summed E-state index contributed by atoms with van der Waals surface area (Å²) in [5, 5.41) is 2.50. The Morgan fingerprint density at radius 3 is 1.58 bits per heavy atom. The van der Waals surface area contributed by atoms with Crippen molar-refractivity contribution in [2.24, 2.45) is 17.8 Å². The second-order valence-corrected chi connectivity index (χ2v) is 18.4. The van der Waals surface area contributed by atoms with Crippen LogP contribution in [0, 0.1) is 24.7 Å². The van der Waals surface area contributed by atoms with Crippen LogP contribution in [0.3, 0.4) is 0 Å². The predicted octanol–water partition coefficient (Wildman–Crippen LogP) is 15.1. The van der Waals surface area contributed by atoms with E-state index in [0.717, 1.165) is 17.8 Å². The molecule has 5 aliphatic rings. The van der Waals surface area contributed by atoms with Crippen molar-refractivity contribution in [1.29, 1.82) is 0 Å². The lowest BCUT2D eigenvalue weighted by atomic mass is 9.48. The fraction of sp³-hybridized carbons (Fsp3) is 0.207. The van der Waals surface area contributed by atoms with Gasteiger partial charge in [-0.2, -0.15) is 0 Å². The summed E-state index contributed by atoms with van der Waals surface area (Å²) in [6.45, 7) is 2.25. The van der Waals surface area contributed by atoms with E-state index in [9.17, 15) is 0 Å². The van der Waals surface area contributed by atoms with E-state index in [1.54, 1.807) is 5.56 Å². The quantitative estimate of drug-likeness (QED) is 0.156. The monoisotopic (exact) mass is 759 g/mol. The molecule has 1 nitrogen and oxygen atoms in total. The minimum absolute atomic E-state index is 0.345. The molecule has 286 valence electrons. The molecule has 0 atom stereocenters. The lowest BCUT2D eigenvalue weighted by molar-refractivity contribution is -0.00518. The smallest absolute Gasteiger partial charge is 0.0714 e. The van der Waals surface area contributed by atoms with Gasteiger partial charge in [-0.15, -0.1) is 0 Å². The van der Waals surface area contributed by atoms with E-state index in [1.165, 1.54) is 116 Å². The van der Waals surface area contributed by atoms with Crippen molar-refractivity contribution >= 4 is 27.8 Å². The van der Waals surface area contributed by atoms with Crippen molar-refractivity contribution in [2.75, 3.05) is 4.90 Å². The van der Waals surface area contributed by atoms with Crippen LogP contribution < -0.4 is 4.90 Å². The van der Waals surface area contributed by atoms with Gasteiger partial charge >= 0.3 is 0 Å². The van der Waals surface area contributed by atoms with E-state index in [1.807, 2.05) is 0 Å². The molecular formula is C58H49N. The van der Waals surface area contributed by atoms with E-state index < -0.39 is 5.41 Å². The maximum atomic E-state index is 2.57. The summed E-state index contributed by atoms with van der Waals surface area (Å²) >= 11 is 0. The summed E-state index contributed by atoms with van der Waals surface area (Å²) in [7, 11) is 0. The molecule has 0 radical (unpaired) electrons. The van der Waals surface area contributed by atoms with Crippen LogP contribution in [-0.2, 0) is 10.8 Å². The van der Waals surface area contributed by atoms with Crippen LogP contribution in [0.5, 0.6) is 0 Å². The standard InChI is InChI=1S/C58H49N/c1-39-14-8-11-21-50(39)53-33-43-15-9-10-16-44(43)34-56(53)59(48-26-24-45(25-27-48)57-36-40-30-41(37-57)32-42(31-40)38-57)49-28-29-52-51-22-12-13-23-54(51)58(55(52)35-49,46-17-4-2-5-18-46)47-19-6-3-7-20-47/h2-29,33-35,40-42H,30-32,36-38H2,1H3. The fourth-order valence-corrected chi connectivity index (χ4v) is 12.9. The molecule has 0 N–H and O–H groups in total. The van der Waals surface area contributed by atoms with Gasteiger partial charge in [0.2, 0.25) is 0 Å². The SMILES string of the molecule is Cc1ccccc1-c1cc2ccccc2cc1N(c1ccc(C23CC4CC(CC(C4)C2)C3)cc1)c1ccc2c(c1)C(c1ccccc1)(c1ccccc1)c1ccccc1-2. The summed E-state index contributed by atoms with van der Waals surface area (Å²) < 4.78 is 0. The molecule has 8 aromatic rings. The highest BCUT2D eigenvalue weighted by Crippen LogP contribution is 2.61. The zero-order chi connectivity index (χ0) is 39.1. The number of hydrogen-bond donors (Lipinski definition) is 0. The topological polar surface area (TPSA) is 3.24 Å². The maximum absolute atomic E-state index is 2.57. The number of fused-ring (bicyclic) bond motifs is 4. The van der Waals surface area contributed by atoms with Crippen molar-refractivity contribution < 1.29 is 0 Å². The van der Waals surface area contributed by atoms with Crippen LogP contribution in [0.1, 0.15) is 71.9 Å². The third kappa shape index (κ3) is 5.37. The summed E-state index contributed by atoms with van der Waals surface area (Å²) in [5.74, 6) is 2.74. The van der Waals surface area contributed by atoms with Crippen LogP contribution in [0.4, 0.5) is 17.1 Å². The van der Waals surface area contributed by atoms with Crippen LogP contribution in [0.25, 0.3) is 33.0 Å². The summed E-state index contributed by atoms with van der Waals surface area (Å²) in [5.41, 5.74) is 16.6. The second kappa shape index (κ2) is 13.4. The van der Waals surface area contributed by atoms with Gasteiger partial charge in [0.25, 0.3) is 0 Å². The Kier molecular flexibility index (Phi) is 7.93. The van der Waals surface area contributed by atoms with E-state index in [-0.39, 0.29) is 0 Å². The molecule has 0 spiro atoms. The van der Waals surface area contributed by atoms with E-state index in [4.69, 9.17) is 0 Å². The lowest BCUT2D eigenvalue weighted by Gasteiger charge is -2.57. The van der Waals surface area contributed by atoms with Gasteiger partial charge in [-0.05, 0) is 166 Å². The van der Waals surface area contributed by atoms with Crippen LogP contribution in [0.2, 0.25) is 0 Å². The molecule has 0 aliphatic heterocycles. The highest BCUT2D eigenvalue weighted by atomic mass is 15.1. The first-order chi connectivity index (χ1) is 29.1. The Labute approximate surface area is 349 Å². The minimum Gasteiger partial charge on any atom is -0.310 e. The number of rotatable bonds is 7. The summed E-state index contributed by atoms with van der Waals surface area (Å²) in [6, 6.07) is 71.3. The molecule has 4 saturated carbocycles. The first kappa shape index (κ1) is 34.8. The number of benzene rings is 8. The number of anilines is 3. The number of aryl methyl sites for hydroxylation is 1. The Morgan fingerprint density at radius 1 is 0.407 bits per heavy atom. The average molecular weight is 760 g/mol. The van der Waals surface area contributed by atoms with Gasteiger partial charge in [0.15, 0.2) is 0 Å². The largest absolute Gasteiger partial charge is 0.310 e. The van der Waals surface area contributed by atoms with Gasteiger partial charge in [-0.25, -0.2) is 0 Å². The van der Waals surface area contributed by atoms with Crippen molar-refractivity contribution in [1.82, 2.24) is 0 Å². The molecule has 4 bridgehead atoms. The predicted molar refractivity (Wildman–Crippen MR) is 246 cm³/mol. The average Bonchev–Trinajstić information content (AvgIpc) is 3.57. The highest BCUT2D eigenvalue weighted by molar-refractivity contribution is 5.99. The molecule has 4 fully saturated rings. The number of nitrogens with zero attached hydrogens (tertiary/aromatic N) is 1. The Hall–Kier alpha value is -6.18. The Morgan fingerprint density at radius 2 is 0.932 bits per heavy atom. The van der Waals surface area contributed by atoms with Gasteiger partial charge in [0.1, 0.15) is 0 Å². The summed E-state index contributed by atoms with van der Waals surface area (Å²) in [4.78, 5) is 2.57. The summed E-state index contributed by atoms with van der Waals surface area (Å²) in [6.07, 6.45) is 8.50. The molecule has 8 aromatic carbocycles. The van der Waals surface area contributed by atoms with Crippen molar-refractivity contribution in [3.05, 3.63) is 221 Å². The van der Waals surface area contributed by atoms with Crippen molar-refractivity contribution in [3.63, 3.8) is 0 Å². The highest BCUT2D eigenvalue weighted by Gasteiger charge is 2.51. The molecule has 0 unspecified atom stereocenters. The van der Waals surface area contributed by atoms with Gasteiger partial charge in [0, 0.05) is 16.9 Å². The maximum Gasteiger partial charge on any atom is 0.0714 e. The first-order valence-corrected chi connectivity index (χ1v) is 21.9. The van der Waals surface area contributed by atoms with Gasteiger partial charge in [0.05, 0.1) is 11.1 Å². The Bertz CT molecular complexity index is 2790. The van der Waals surface area contributed by atoms with Crippen molar-refractivity contribution in [3.8, 4) is 22.3 Å². The van der Waals surface area contributed by atoms with Crippen LogP contribution in [0.15, 0.2) is 188 Å². The Balaban J connectivity index is 1.11.